The fourth-order valence-corrected chi connectivity index (χ4v) is 7.14. The van der Waals surface area contributed by atoms with Gasteiger partial charge in [0, 0.05) is 30.9 Å². The number of anilines is 1. The van der Waals surface area contributed by atoms with Crippen LogP contribution in [0.3, 0.4) is 0 Å². The number of pyridine rings is 2. The molecular formula is C33H41ClF3N7O6S. The van der Waals surface area contributed by atoms with Crippen molar-refractivity contribution < 1.29 is 40.7 Å². The number of likely N-dealkylation sites (tertiary alicyclic amines) is 1. The van der Waals surface area contributed by atoms with Crippen molar-refractivity contribution in [1.82, 2.24) is 29.4 Å². The zero-order valence-corrected chi connectivity index (χ0v) is 30.5. The second kappa shape index (κ2) is 14.1. The predicted octanol–water partition coefficient (Wildman–Crippen LogP) is 6.38. The summed E-state index contributed by atoms with van der Waals surface area (Å²) in [4.78, 5) is 35.7. The number of amides is 2. The lowest BCUT2D eigenvalue weighted by Crippen LogP contribution is -2.48. The summed E-state index contributed by atoms with van der Waals surface area (Å²) in [6.07, 6.45) is -1.73. The number of carbonyl (C=O) groups excluding carboxylic acids is 2. The van der Waals surface area contributed by atoms with Crippen LogP contribution in [0.5, 0.6) is 5.88 Å². The Kier molecular flexibility index (Phi) is 10.6. The van der Waals surface area contributed by atoms with Crippen LogP contribution in [-0.2, 0) is 14.8 Å². The molecule has 1 saturated heterocycles. The largest absolute Gasteiger partial charge is 0.477 e. The summed E-state index contributed by atoms with van der Waals surface area (Å²) >= 11 is 6.25. The Balaban J connectivity index is 1.15. The van der Waals surface area contributed by atoms with Gasteiger partial charge in [-0.15, -0.1) is 5.10 Å². The number of ether oxygens (including phenoxy) is 2. The molecule has 13 nitrogen and oxygen atoms in total. The van der Waals surface area contributed by atoms with Crippen LogP contribution in [-0.4, -0.2) is 82.1 Å². The number of aromatic nitrogens is 4. The van der Waals surface area contributed by atoms with E-state index in [0.717, 1.165) is 6.42 Å². The Hall–Kier alpha value is -4.12. The highest BCUT2D eigenvalue weighted by molar-refractivity contribution is 7.90. The smallest absolute Gasteiger partial charge is 0.410 e. The van der Waals surface area contributed by atoms with E-state index >= 15 is 0 Å². The summed E-state index contributed by atoms with van der Waals surface area (Å²) in [7, 11) is -4.42. The van der Waals surface area contributed by atoms with Crippen LogP contribution in [0.15, 0.2) is 47.6 Å². The van der Waals surface area contributed by atoms with Gasteiger partial charge < -0.3 is 19.7 Å². The molecule has 1 unspecified atom stereocenters. The third-order valence-corrected chi connectivity index (χ3v) is 10.7. The van der Waals surface area contributed by atoms with Crippen LogP contribution < -0.4 is 14.8 Å². The zero-order chi connectivity index (χ0) is 37.4. The van der Waals surface area contributed by atoms with Gasteiger partial charge in [0.2, 0.25) is 5.88 Å². The molecule has 3 aromatic rings. The molecule has 2 fully saturated rings. The summed E-state index contributed by atoms with van der Waals surface area (Å²) in [6.45, 7) is 10.3. The van der Waals surface area contributed by atoms with E-state index in [4.69, 9.17) is 21.1 Å². The average molecular weight is 756 g/mol. The maximum atomic E-state index is 13.2. The second-order valence-electron chi connectivity index (χ2n) is 14.3. The van der Waals surface area contributed by atoms with Crippen molar-refractivity contribution in [3.05, 3.63) is 53.3 Å². The Morgan fingerprint density at radius 1 is 1.08 bits per heavy atom. The Morgan fingerprint density at radius 2 is 1.80 bits per heavy atom. The molecule has 0 bridgehead atoms. The molecule has 51 heavy (non-hydrogen) atoms. The summed E-state index contributed by atoms with van der Waals surface area (Å²) < 4.78 is 79.9. The highest BCUT2D eigenvalue weighted by atomic mass is 35.5. The number of rotatable bonds is 12. The molecule has 0 aromatic carbocycles. The lowest BCUT2D eigenvalue weighted by atomic mass is 9.86. The van der Waals surface area contributed by atoms with Gasteiger partial charge >= 0.3 is 12.3 Å². The fourth-order valence-electron chi connectivity index (χ4n) is 5.97. The monoisotopic (exact) mass is 755 g/mol. The first-order valence-corrected chi connectivity index (χ1v) is 18.3. The van der Waals surface area contributed by atoms with E-state index in [2.05, 4.69) is 20.4 Å². The SMILES string of the molecule is CC(C)(C)OC(=O)N1CCC(CCNc2cccc(S(=O)(=O)NC(=O)c3ccc(-n4ccc(OCCC5(C(F)(F)F)CC5)n4)nc3Cl)n2)C1(C)C. The van der Waals surface area contributed by atoms with Gasteiger partial charge in [-0.05, 0) is 96.9 Å². The number of alkyl halides is 3. The molecule has 278 valence electrons. The maximum Gasteiger partial charge on any atom is 0.410 e. The highest BCUT2D eigenvalue weighted by Crippen LogP contribution is 2.59. The molecule has 1 aliphatic heterocycles. The fraction of sp³-hybridized carbons (Fsp3) is 0.545. The van der Waals surface area contributed by atoms with Gasteiger partial charge in [-0.2, -0.15) is 21.6 Å². The molecule has 1 saturated carbocycles. The molecular weight excluding hydrogens is 715 g/mol. The summed E-state index contributed by atoms with van der Waals surface area (Å²) in [5.74, 6) is -0.370. The van der Waals surface area contributed by atoms with Crippen molar-refractivity contribution in [2.75, 3.05) is 25.0 Å². The van der Waals surface area contributed by atoms with Crippen LogP contribution in [0.2, 0.25) is 5.15 Å². The molecule has 3 aromatic heterocycles. The standard InChI is InChI=1S/C33H41ClF3N7O6S/c1-30(2,3)50-29(46)43-18-12-21(31(43,4)5)11-17-38-23-7-6-8-26(39-23)51(47,48)42-28(45)22-9-10-24(40-27(22)34)44-19-13-25(41-44)49-20-16-32(14-15-32)33(35,36)37/h6-10,13,19,21H,11-12,14-18,20H2,1-5H3,(H,38,39)(H,42,45). The van der Waals surface area contributed by atoms with Crippen molar-refractivity contribution in [3.8, 4) is 11.7 Å². The topological polar surface area (TPSA) is 158 Å². The lowest BCUT2D eigenvalue weighted by molar-refractivity contribution is -0.190. The van der Waals surface area contributed by atoms with Gasteiger partial charge in [-0.3, -0.25) is 4.79 Å². The van der Waals surface area contributed by atoms with E-state index in [1.165, 1.54) is 41.2 Å². The quantitative estimate of drug-likeness (QED) is 0.199. The van der Waals surface area contributed by atoms with E-state index in [9.17, 15) is 31.2 Å². The number of carbonyl (C=O) groups is 2. The van der Waals surface area contributed by atoms with Crippen molar-refractivity contribution in [2.24, 2.45) is 11.3 Å². The Bertz CT molecular complexity index is 1880. The predicted molar refractivity (Wildman–Crippen MR) is 181 cm³/mol. The molecule has 18 heteroatoms. The van der Waals surface area contributed by atoms with Crippen LogP contribution in [0.1, 0.15) is 77.1 Å². The average Bonchev–Trinajstić information content (AvgIpc) is 3.57. The van der Waals surface area contributed by atoms with Gasteiger partial charge in [0.15, 0.2) is 10.8 Å². The van der Waals surface area contributed by atoms with E-state index in [0.29, 0.717) is 19.5 Å². The van der Waals surface area contributed by atoms with Crippen molar-refractivity contribution in [1.29, 1.82) is 0 Å². The van der Waals surface area contributed by atoms with Crippen molar-refractivity contribution >= 4 is 39.4 Å². The molecule has 4 heterocycles. The van der Waals surface area contributed by atoms with Gasteiger partial charge in [0.05, 0.1) is 17.6 Å². The van der Waals surface area contributed by atoms with E-state index in [1.807, 2.05) is 39.3 Å². The van der Waals surface area contributed by atoms with Crippen LogP contribution in [0.25, 0.3) is 5.82 Å². The number of sulfonamides is 1. The van der Waals surface area contributed by atoms with Gasteiger partial charge in [0.25, 0.3) is 15.9 Å². The Morgan fingerprint density at radius 3 is 2.45 bits per heavy atom. The number of halogens is 4. The van der Waals surface area contributed by atoms with Crippen molar-refractivity contribution in [2.45, 2.75) is 89.1 Å². The van der Waals surface area contributed by atoms with Crippen LogP contribution in [0.4, 0.5) is 23.8 Å². The van der Waals surface area contributed by atoms with Crippen LogP contribution in [0, 0.1) is 11.3 Å². The summed E-state index contributed by atoms with van der Waals surface area (Å²) in [5, 5.41) is 6.56. The van der Waals surface area contributed by atoms with Crippen LogP contribution >= 0.6 is 11.6 Å². The zero-order valence-electron chi connectivity index (χ0n) is 28.9. The minimum Gasteiger partial charge on any atom is -0.477 e. The molecule has 2 amide bonds. The summed E-state index contributed by atoms with van der Waals surface area (Å²) in [6, 6.07) is 8.41. The molecule has 0 spiro atoms. The minimum atomic E-state index is -4.42. The first kappa shape index (κ1) is 38.1. The highest BCUT2D eigenvalue weighted by Gasteiger charge is 2.62. The maximum absolute atomic E-state index is 13.2. The summed E-state index contributed by atoms with van der Waals surface area (Å²) in [5.41, 5.74) is -2.97. The minimum absolute atomic E-state index is 0.0789. The number of nitrogens with one attached hydrogen (secondary N) is 2. The van der Waals surface area contributed by atoms with E-state index < -0.39 is 43.7 Å². The number of hydrogen-bond acceptors (Lipinski definition) is 10. The normalized spacial score (nSPS) is 18.3. The molecule has 2 N–H and O–H groups in total. The first-order chi connectivity index (χ1) is 23.7. The molecule has 2 aliphatic rings. The number of nitrogens with zero attached hydrogens (tertiary/aromatic N) is 5. The molecule has 1 atom stereocenters. The molecule has 0 radical (unpaired) electrons. The third kappa shape index (κ3) is 8.86. The number of hydrogen-bond donors (Lipinski definition) is 2. The van der Waals surface area contributed by atoms with E-state index in [1.54, 1.807) is 11.0 Å². The lowest BCUT2D eigenvalue weighted by Gasteiger charge is -2.37. The second-order valence-corrected chi connectivity index (χ2v) is 16.3. The molecule has 5 rings (SSSR count). The van der Waals surface area contributed by atoms with Gasteiger partial charge in [-0.25, -0.2) is 24.2 Å². The van der Waals surface area contributed by atoms with Crippen molar-refractivity contribution in [3.63, 3.8) is 0 Å². The van der Waals surface area contributed by atoms with Gasteiger partial charge in [-0.1, -0.05) is 17.7 Å². The third-order valence-electron chi connectivity index (χ3n) is 9.20. The van der Waals surface area contributed by atoms with E-state index in [-0.39, 0.29) is 66.1 Å². The molecule has 1 aliphatic carbocycles. The first-order valence-electron chi connectivity index (χ1n) is 16.4. The Labute approximate surface area is 299 Å². The van der Waals surface area contributed by atoms with Gasteiger partial charge in [0.1, 0.15) is 16.6 Å².